The average molecular weight is 112 g/mol. The van der Waals surface area contributed by atoms with Gasteiger partial charge in [0.25, 0.3) is 0 Å². The van der Waals surface area contributed by atoms with E-state index in [0.717, 1.165) is 12.1 Å². The van der Waals surface area contributed by atoms with Gasteiger partial charge in [0.15, 0.2) is 0 Å². The molecular formula is C6H12N2. The quantitative estimate of drug-likeness (QED) is 0.516. The summed E-state index contributed by atoms with van der Waals surface area (Å²) < 4.78 is 0. The summed E-state index contributed by atoms with van der Waals surface area (Å²) in [5, 5.41) is 0. The summed E-state index contributed by atoms with van der Waals surface area (Å²) in [4.78, 5) is 0. The van der Waals surface area contributed by atoms with Gasteiger partial charge in [-0.2, -0.15) is 0 Å². The lowest BCUT2D eigenvalue weighted by Gasteiger charge is -2.00. The number of hydrazine groups is 1. The van der Waals surface area contributed by atoms with Crippen molar-refractivity contribution in [1.29, 1.82) is 0 Å². The molecule has 2 nitrogen and oxygen atoms in total. The molecule has 2 rings (SSSR count). The van der Waals surface area contributed by atoms with Crippen molar-refractivity contribution in [3.63, 3.8) is 0 Å². The summed E-state index contributed by atoms with van der Waals surface area (Å²) in [6.45, 7) is 0. The highest BCUT2D eigenvalue weighted by Gasteiger charge is 2.25. The molecular weight excluding hydrogens is 100 g/mol. The Kier molecular flexibility index (Phi) is 1.02. The zero-order valence-corrected chi connectivity index (χ0v) is 4.98. The van der Waals surface area contributed by atoms with E-state index < -0.39 is 0 Å². The predicted molar refractivity (Wildman–Crippen MR) is 32.3 cm³/mol. The van der Waals surface area contributed by atoms with E-state index in [2.05, 4.69) is 10.9 Å². The molecule has 0 radical (unpaired) electrons. The van der Waals surface area contributed by atoms with Gasteiger partial charge in [0.1, 0.15) is 0 Å². The number of hydrogen-bond donors (Lipinski definition) is 2. The van der Waals surface area contributed by atoms with Crippen molar-refractivity contribution in [3.05, 3.63) is 0 Å². The maximum atomic E-state index is 3.27. The molecule has 2 aliphatic carbocycles. The van der Waals surface area contributed by atoms with E-state index in [9.17, 15) is 0 Å². The van der Waals surface area contributed by atoms with E-state index in [-0.39, 0.29) is 0 Å². The molecule has 0 aliphatic heterocycles. The highest BCUT2D eigenvalue weighted by molar-refractivity contribution is 4.84. The van der Waals surface area contributed by atoms with E-state index in [4.69, 9.17) is 0 Å². The van der Waals surface area contributed by atoms with Gasteiger partial charge in [0.2, 0.25) is 0 Å². The molecule has 8 heavy (non-hydrogen) atoms. The molecule has 2 heteroatoms. The van der Waals surface area contributed by atoms with Crippen LogP contribution < -0.4 is 10.9 Å². The average Bonchev–Trinajstić information content (AvgIpc) is 2.60. The third-order valence-corrected chi connectivity index (χ3v) is 1.65. The Bertz CT molecular complexity index is 72.5. The molecule has 0 heterocycles. The second kappa shape index (κ2) is 1.71. The summed E-state index contributed by atoms with van der Waals surface area (Å²) in [6, 6.07) is 1.63. The van der Waals surface area contributed by atoms with Crippen molar-refractivity contribution in [2.75, 3.05) is 0 Å². The van der Waals surface area contributed by atoms with E-state index in [1.165, 1.54) is 25.7 Å². The molecule has 0 aromatic heterocycles. The lowest BCUT2D eigenvalue weighted by Crippen LogP contribution is -2.35. The molecule has 0 amide bonds. The van der Waals surface area contributed by atoms with Crippen LogP contribution in [0.15, 0.2) is 0 Å². The van der Waals surface area contributed by atoms with E-state index in [0.29, 0.717) is 0 Å². The molecule has 0 spiro atoms. The first kappa shape index (κ1) is 4.77. The van der Waals surface area contributed by atoms with Gasteiger partial charge in [-0.15, -0.1) is 0 Å². The molecule has 2 saturated carbocycles. The van der Waals surface area contributed by atoms with Gasteiger partial charge < -0.3 is 0 Å². The lowest BCUT2D eigenvalue weighted by molar-refractivity contribution is 0.523. The molecule has 0 unspecified atom stereocenters. The maximum absolute atomic E-state index is 3.27. The highest BCUT2D eigenvalue weighted by atomic mass is 15.4. The Hall–Kier alpha value is -0.0800. The van der Waals surface area contributed by atoms with Crippen LogP contribution in [0.3, 0.4) is 0 Å². The largest absolute Gasteiger partial charge is 0.255 e. The van der Waals surface area contributed by atoms with Crippen LogP contribution in [0, 0.1) is 0 Å². The molecule has 2 aliphatic rings. The Balaban J connectivity index is 1.56. The number of nitrogens with one attached hydrogen (secondary N) is 2. The van der Waals surface area contributed by atoms with Gasteiger partial charge in [-0.25, -0.2) is 0 Å². The smallest absolute Gasteiger partial charge is 0.0214 e. The molecule has 0 atom stereocenters. The Morgan fingerprint density at radius 2 is 1.12 bits per heavy atom. The maximum Gasteiger partial charge on any atom is 0.0214 e. The first-order valence-electron chi connectivity index (χ1n) is 3.46. The second-order valence-electron chi connectivity index (χ2n) is 2.84. The summed E-state index contributed by atoms with van der Waals surface area (Å²) >= 11 is 0. The molecule has 0 saturated heterocycles. The first-order valence-corrected chi connectivity index (χ1v) is 3.46. The second-order valence-corrected chi connectivity index (χ2v) is 2.84. The fourth-order valence-corrected chi connectivity index (χ4v) is 0.691. The van der Waals surface area contributed by atoms with Gasteiger partial charge >= 0.3 is 0 Å². The molecule has 0 bridgehead atoms. The van der Waals surface area contributed by atoms with Crippen LogP contribution in [-0.2, 0) is 0 Å². The third-order valence-electron chi connectivity index (χ3n) is 1.65. The van der Waals surface area contributed by atoms with Crippen molar-refractivity contribution < 1.29 is 0 Å². The van der Waals surface area contributed by atoms with E-state index >= 15 is 0 Å². The van der Waals surface area contributed by atoms with Crippen LogP contribution in [0.5, 0.6) is 0 Å². The van der Waals surface area contributed by atoms with E-state index in [1.807, 2.05) is 0 Å². The van der Waals surface area contributed by atoms with E-state index in [1.54, 1.807) is 0 Å². The topological polar surface area (TPSA) is 24.1 Å². The minimum atomic E-state index is 0.815. The van der Waals surface area contributed by atoms with Crippen molar-refractivity contribution >= 4 is 0 Å². The van der Waals surface area contributed by atoms with Crippen LogP contribution in [0.4, 0.5) is 0 Å². The van der Waals surface area contributed by atoms with Crippen LogP contribution in [-0.4, -0.2) is 12.1 Å². The Morgan fingerprint density at radius 1 is 0.750 bits per heavy atom. The SMILES string of the molecule is C1CC1NNC1CC1. The Labute approximate surface area is 49.6 Å². The van der Waals surface area contributed by atoms with Crippen molar-refractivity contribution in [1.82, 2.24) is 10.9 Å². The fourth-order valence-electron chi connectivity index (χ4n) is 0.691. The minimum Gasteiger partial charge on any atom is -0.255 e. The lowest BCUT2D eigenvalue weighted by atomic mass is 10.7. The van der Waals surface area contributed by atoms with Gasteiger partial charge in [-0.05, 0) is 25.7 Å². The molecule has 2 N–H and O–H groups in total. The first-order chi connectivity index (χ1) is 3.95. The van der Waals surface area contributed by atoms with Gasteiger partial charge in [0.05, 0.1) is 0 Å². The predicted octanol–water partition coefficient (Wildman–Crippen LogP) is 0.405. The fraction of sp³-hybridized carbons (Fsp3) is 1.00. The summed E-state index contributed by atoms with van der Waals surface area (Å²) in [7, 11) is 0. The van der Waals surface area contributed by atoms with Crippen LogP contribution in [0.25, 0.3) is 0 Å². The van der Waals surface area contributed by atoms with Gasteiger partial charge in [0, 0.05) is 12.1 Å². The third kappa shape index (κ3) is 1.20. The molecule has 0 aromatic carbocycles. The highest BCUT2D eigenvalue weighted by Crippen LogP contribution is 2.21. The minimum absolute atomic E-state index is 0.815. The van der Waals surface area contributed by atoms with Gasteiger partial charge in [-0.1, -0.05) is 0 Å². The van der Waals surface area contributed by atoms with Crippen molar-refractivity contribution in [3.8, 4) is 0 Å². The van der Waals surface area contributed by atoms with Gasteiger partial charge in [-0.3, -0.25) is 10.9 Å². The standard InChI is InChI=1S/C6H12N2/c1-2-5(1)7-8-6-3-4-6/h5-8H,1-4H2. The summed E-state index contributed by atoms with van der Waals surface area (Å²) in [5.41, 5.74) is 6.54. The monoisotopic (exact) mass is 112 g/mol. The molecule has 2 fully saturated rings. The molecule has 0 aromatic rings. The van der Waals surface area contributed by atoms with Crippen LogP contribution in [0.2, 0.25) is 0 Å². The number of hydrogen-bond acceptors (Lipinski definition) is 2. The zero-order chi connectivity index (χ0) is 5.40. The summed E-state index contributed by atoms with van der Waals surface area (Å²) in [5.74, 6) is 0. The van der Waals surface area contributed by atoms with Crippen molar-refractivity contribution in [2.45, 2.75) is 37.8 Å². The normalized spacial score (nSPS) is 28.5. The zero-order valence-electron chi connectivity index (χ0n) is 4.98. The van der Waals surface area contributed by atoms with Crippen LogP contribution >= 0.6 is 0 Å². The van der Waals surface area contributed by atoms with Crippen LogP contribution in [0.1, 0.15) is 25.7 Å². The van der Waals surface area contributed by atoms with Crippen molar-refractivity contribution in [2.24, 2.45) is 0 Å². The molecule has 46 valence electrons. The number of rotatable bonds is 3. The Morgan fingerprint density at radius 3 is 1.38 bits per heavy atom. The summed E-state index contributed by atoms with van der Waals surface area (Å²) in [6.07, 6.45) is 5.50.